The second kappa shape index (κ2) is 8.92. The summed E-state index contributed by atoms with van der Waals surface area (Å²) in [6, 6.07) is 41.3. The number of hydrogen-bond donors (Lipinski definition) is 2. The van der Waals surface area contributed by atoms with Crippen LogP contribution >= 0.6 is 0 Å². The van der Waals surface area contributed by atoms with Crippen molar-refractivity contribution >= 4 is 5.78 Å². The molecule has 2 aliphatic heterocycles. The van der Waals surface area contributed by atoms with Gasteiger partial charge >= 0.3 is 0 Å². The van der Waals surface area contributed by atoms with Gasteiger partial charge < -0.3 is 10.6 Å². The first-order valence-corrected chi connectivity index (χ1v) is 12.4. The topological polar surface area (TPSA) is 41.1 Å². The van der Waals surface area contributed by atoms with Gasteiger partial charge in [0, 0.05) is 24.2 Å². The Kier molecular flexibility index (Phi) is 5.60. The maximum absolute atomic E-state index is 14.8. The van der Waals surface area contributed by atoms with E-state index in [4.69, 9.17) is 0 Å². The third-order valence-electron chi connectivity index (χ3n) is 8.03. The van der Waals surface area contributed by atoms with Gasteiger partial charge in [-0.25, -0.2) is 0 Å². The maximum atomic E-state index is 14.8. The number of carbonyl (C=O) groups is 1. The van der Waals surface area contributed by atoms with Crippen LogP contribution in [0.1, 0.15) is 53.3 Å². The average molecular weight is 459 g/mol. The lowest BCUT2D eigenvalue weighted by Gasteiger charge is -2.58. The Balaban J connectivity index is 1.56. The Labute approximate surface area is 207 Å². The van der Waals surface area contributed by atoms with Gasteiger partial charge in [0.05, 0.1) is 11.3 Å². The SMILES string of the molecule is CC12C(=O)C([C@@H](c3ccccc3)N[C@@H]1c1ccccc1)[C@@H](c1ccccc1)N[C@H]2c1ccccc1. The Bertz CT molecular complexity index is 1200. The first kappa shape index (κ1) is 22.0. The van der Waals surface area contributed by atoms with E-state index in [2.05, 4.69) is 115 Å². The van der Waals surface area contributed by atoms with E-state index < -0.39 is 5.41 Å². The van der Waals surface area contributed by atoms with Crippen molar-refractivity contribution in [3.05, 3.63) is 144 Å². The molecule has 174 valence electrons. The quantitative estimate of drug-likeness (QED) is 0.374. The van der Waals surface area contributed by atoms with Crippen LogP contribution < -0.4 is 10.6 Å². The van der Waals surface area contributed by atoms with E-state index in [-0.39, 0.29) is 30.1 Å². The zero-order valence-corrected chi connectivity index (χ0v) is 19.8. The fourth-order valence-electron chi connectivity index (χ4n) is 6.32. The highest BCUT2D eigenvalue weighted by Gasteiger charge is 2.61. The monoisotopic (exact) mass is 458 g/mol. The molecule has 0 spiro atoms. The minimum atomic E-state index is -0.663. The van der Waals surface area contributed by atoms with Gasteiger partial charge in [0.15, 0.2) is 0 Å². The molecular weight excluding hydrogens is 428 g/mol. The van der Waals surface area contributed by atoms with Crippen molar-refractivity contribution in [2.24, 2.45) is 11.3 Å². The molecule has 2 N–H and O–H groups in total. The Morgan fingerprint density at radius 1 is 0.514 bits per heavy atom. The number of rotatable bonds is 4. The van der Waals surface area contributed by atoms with Crippen molar-refractivity contribution in [2.45, 2.75) is 31.1 Å². The van der Waals surface area contributed by atoms with Crippen molar-refractivity contribution in [1.29, 1.82) is 0 Å². The van der Waals surface area contributed by atoms with E-state index in [0.717, 1.165) is 22.3 Å². The van der Waals surface area contributed by atoms with Gasteiger partial charge in [0.25, 0.3) is 0 Å². The van der Waals surface area contributed by atoms with Crippen molar-refractivity contribution in [2.75, 3.05) is 0 Å². The number of nitrogens with one attached hydrogen (secondary N) is 2. The van der Waals surface area contributed by atoms with E-state index >= 15 is 0 Å². The summed E-state index contributed by atoms with van der Waals surface area (Å²) in [5.74, 6) is 0.0881. The van der Waals surface area contributed by atoms with Gasteiger partial charge in [-0.05, 0) is 29.2 Å². The summed E-state index contributed by atoms with van der Waals surface area (Å²) >= 11 is 0. The van der Waals surface area contributed by atoms with Crippen LogP contribution in [0.5, 0.6) is 0 Å². The van der Waals surface area contributed by atoms with Crippen LogP contribution in [0.2, 0.25) is 0 Å². The molecule has 3 nitrogen and oxygen atoms in total. The number of carbonyl (C=O) groups excluding carboxylic acids is 1. The number of ketones is 1. The van der Waals surface area contributed by atoms with Crippen molar-refractivity contribution in [3.63, 3.8) is 0 Å². The van der Waals surface area contributed by atoms with Gasteiger partial charge in [-0.3, -0.25) is 4.79 Å². The molecule has 2 bridgehead atoms. The molecule has 6 atom stereocenters. The second-order valence-corrected chi connectivity index (χ2v) is 9.97. The molecule has 0 radical (unpaired) electrons. The molecule has 4 aromatic carbocycles. The molecule has 0 amide bonds. The van der Waals surface area contributed by atoms with Gasteiger partial charge in [0.1, 0.15) is 5.78 Å². The van der Waals surface area contributed by atoms with Gasteiger partial charge in [-0.15, -0.1) is 0 Å². The lowest BCUT2D eigenvalue weighted by molar-refractivity contribution is -0.150. The summed E-state index contributed by atoms with van der Waals surface area (Å²) in [7, 11) is 0. The highest BCUT2D eigenvalue weighted by Crippen LogP contribution is 2.58. The van der Waals surface area contributed by atoms with Gasteiger partial charge in [-0.1, -0.05) is 121 Å². The van der Waals surface area contributed by atoms with E-state index in [9.17, 15) is 4.79 Å². The van der Waals surface area contributed by atoms with E-state index in [1.54, 1.807) is 0 Å². The van der Waals surface area contributed by atoms with Crippen LogP contribution in [-0.4, -0.2) is 5.78 Å². The van der Waals surface area contributed by atoms with Crippen LogP contribution in [0.4, 0.5) is 0 Å². The lowest BCUT2D eigenvalue weighted by Crippen LogP contribution is -2.65. The maximum Gasteiger partial charge on any atom is 0.149 e. The third kappa shape index (κ3) is 3.63. The van der Waals surface area contributed by atoms with E-state index in [1.807, 2.05) is 24.3 Å². The van der Waals surface area contributed by atoms with Crippen LogP contribution in [0.15, 0.2) is 121 Å². The number of benzene rings is 4. The predicted molar refractivity (Wildman–Crippen MR) is 140 cm³/mol. The third-order valence-corrected chi connectivity index (χ3v) is 8.03. The molecule has 35 heavy (non-hydrogen) atoms. The average Bonchev–Trinajstić information content (AvgIpc) is 2.92. The highest BCUT2D eigenvalue weighted by atomic mass is 16.1. The number of piperidine rings is 2. The zero-order valence-electron chi connectivity index (χ0n) is 19.8. The summed E-state index contributed by atoms with van der Waals surface area (Å²) < 4.78 is 0. The fourth-order valence-corrected chi connectivity index (χ4v) is 6.32. The number of fused-ring (bicyclic) bond motifs is 2. The smallest absolute Gasteiger partial charge is 0.149 e. The lowest BCUT2D eigenvalue weighted by atomic mass is 9.56. The van der Waals surface area contributed by atoms with E-state index in [0.29, 0.717) is 5.78 Å². The molecule has 2 saturated heterocycles. The normalized spacial score (nSPS) is 30.1. The minimum Gasteiger partial charge on any atom is -0.301 e. The predicted octanol–water partition coefficient (Wildman–Crippen LogP) is 6.35. The highest BCUT2D eigenvalue weighted by molar-refractivity contribution is 5.92. The van der Waals surface area contributed by atoms with Crippen LogP contribution in [-0.2, 0) is 4.79 Å². The minimum absolute atomic E-state index is 0.101. The van der Waals surface area contributed by atoms with Crippen molar-refractivity contribution < 1.29 is 4.79 Å². The number of hydrogen-bond acceptors (Lipinski definition) is 3. The van der Waals surface area contributed by atoms with Crippen LogP contribution in [0.3, 0.4) is 0 Å². The Morgan fingerprint density at radius 2 is 0.829 bits per heavy atom. The standard InChI is InChI=1S/C32H30N2O/c1-32-29(24-18-10-4-11-19-24)33-27(22-14-6-2-7-15-22)26(31(32)35)28(23-16-8-3-9-17-23)34-30(32)25-20-12-5-13-21-25/h2-21,26-30,33-34H,1H3/t26?,27-,28-,29-,30+,32?/m1/s1. The van der Waals surface area contributed by atoms with Crippen LogP contribution in [0, 0.1) is 11.3 Å². The molecule has 0 aliphatic carbocycles. The Morgan fingerprint density at radius 3 is 1.17 bits per heavy atom. The van der Waals surface area contributed by atoms with Crippen molar-refractivity contribution in [3.8, 4) is 0 Å². The summed E-state index contributed by atoms with van der Waals surface area (Å²) in [6.45, 7) is 2.15. The molecule has 2 fully saturated rings. The molecular formula is C32H30N2O. The second-order valence-electron chi connectivity index (χ2n) is 9.97. The van der Waals surface area contributed by atoms with Gasteiger partial charge in [0.2, 0.25) is 0 Å². The molecule has 6 rings (SSSR count). The summed E-state index contributed by atoms with van der Waals surface area (Å²) in [6.07, 6.45) is 0. The van der Waals surface area contributed by atoms with Crippen molar-refractivity contribution in [1.82, 2.24) is 10.6 Å². The first-order chi connectivity index (χ1) is 17.2. The van der Waals surface area contributed by atoms with E-state index in [1.165, 1.54) is 0 Å². The summed E-state index contributed by atoms with van der Waals surface area (Å²) in [5.41, 5.74) is 3.92. The summed E-state index contributed by atoms with van der Waals surface area (Å²) in [5, 5.41) is 8.00. The first-order valence-electron chi connectivity index (χ1n) is 12.4. The zero-order chi connectivity index (χ0) is 23.8. The molecule has 2 heterocycles. The summed E-state index contributed by atoms with van der Waals surface area (Å²) in [4.78, 5) is 14.8. The largest absolute Gasteiger partial charge is 0.301 e. The number of Topliss-reactive ketones (excluding diaryl/α,β-unsaturated/α-hetero) is 1. The molecule has 4 aromatic rings. The van der Waals surface area contributed by atoms with Crippen LogP contribution in [0.25, 0.3) is 0 Å². The molecule has 3 heteroatoms. The molecule has 0 saturated carbocycles. The fraction of sp³-hybridized carbons (Fsp3) is 0.219. The molecule has 2 unspecified atom stereocenters. The Hall–Kier alpha value is -3.53. The molecule has 0 aromatic heterocycles. The molecule has 2 aliphatic rings. The van der Waals surface area contributed by atoms with Gasteiger partial charge in [-0.2, -0.15) is 0 Å².